The van der Waals surface area contributed by atoms with Crippen molar-refractivity contribution in [3.63, 3.8) is 0 Å². The molecule has 0 saturated heterocycles. The minimum absolute atomic E-state index is 0.606. The highest BCUT2D eigenvalue weighted by molar-refractivity contribution is 5.81. The normalized spacial score (nSPS) is 11.2. The van der Waals surface area contributed by atoms with Crippen LogP contribution in [0, 0.1) is 0 Å². The number of aromatic nitrogens is 1. The van der Waals surface area contributed by atoms with Gasteiger partial charge >= 0.3 is 0 Å². The van der Waals surface area contributed by atoms with Crippen LogP contribution in [0.5, 0.6) is 0 Å². The summed E-state index contributed by atoms with van der Waals surface area (Å²) in [5.74, 6) is 0. The zero-order valence-corrected chi connectivity index (χ0v) is 10.6. The Kier molecular flexibility index (Phi) is 4.10. The molecule has 0 fully saturated rings. The summed E-state index contributed by atoms with van der Waals surface area (Å²) in [6.45, 7) is 5.35. The van der Waals surface area contributed by atoms with E-state index in [-0.39, 0.29) is 0 Å². The van der Waals surface area contributed by atoms with Gasteiger partial charge in [0.2, 0.25) is 0 Å². The molecule has 2 nitrogen and oxygen atoms in total. The third-order valence-corrected chi connectivity index (χ3v) is 3.28. The lowest BCUT2D eigenvalue weighted by atomic mass is 10.1. The molecule has 0 aliphatic heterocycles. The largest absolute Gasteiger partial charge is 0.310 e. The van der Waals surface area contributed by atoms with Crippen LogP contribution >= 0.6 is 0 Å². The Hall–Kier alpha value is -1.41. The Morgan fingerprint density at radius 2 is 1.88 bits per heavy atom. The van der Waals surface area contributed by atoms with Gasteiger partial charge in [0.05, 0.1) is 5.52 Å². The fraction of sp³-hybridized carbons (Fsp3) is 0.400. The van der Waals surface area contributed by atoms with Crippen LogP contribution in [0.2, 0.25) is 0 Å². The number of nitrogens with one attached hydrogen (secondary N) is 1. The predicted molar refractivity (Wildman–Crippen MR) is 73.0 cm³/mol. The van der Waals surface area contributed by atoms with Crippen LogP contribution in [0.25, 0.3) is 10.9 Å². The molecule has 0 unspecified atom stereocenters. The second-order valence-electron chi connectivity index (χ2n) is 4.39. The fourth-order valence-corrected chi connectivity index (χ4v) is 2.14. The highest BCUT2D eigenvalue weighted by Gasteiger charge is 2.05. The molecular formula is C15H20N2. The van der Waals surface area contributed by atoms with Crippen molar-refractivity contribution in [2.45, 2.75) is 39.3 Å². The van der Waals surface area contributed by atoms with Crippen LogP contribution in [-0.2, 0) is 6.54 Å². The van der Waals surface area contributed by atoms with Crippen molar-refractivity contribution in [3.8, 4) is 0 Å². The van der Waals surface area contributed by atoms with Gasteiger partial charge < -0.3 is 5.32 Å². The van der Waals surface area contributed by atoms with Gasteiger partial charge in [-0.15, -0.1) is 0 Å². The molecule has 90 valence electrons. The maximum absolute atomic E-state index is 4.47. The molecule has 1 aromatic carbocycles. The van der Waals surface area contributed by atoms with Gasteiger partial charge in [0, 0.05) is 24.2 Å². The molecule has 0 aliphatic rings. The van der Waals surface area contributed by atoms with E-state index >= 15 is 0 Å². The van der Waals surface area contributed by atoms with Crippen molar-refractivity contribution in [3.05, 3.63) is 42.1 Å². The lowest BCUT2D eigenvalue weighted by molar-refractivity contribution is 0.485. The molecule has 2 aromatic rings. The van der Waals surface area contributed by atoms with Crippen molar-refractivity contribution < 1.29 is 0 Å². The minimum atomic E-state index is 0.606. The number of hydrogen-bond acceptors (Lipinski definition) is 2. The molecule has 17 heavy (non-hydrogen) atoms. The van der Waals surface area contributed by atoms with Crippen molar-refractivity contribution in [1.82, 2.24) is 10.3 Å². The summed E-state index contributed by atoms with van der Waals surface area (Å²) in [5.41, 5.74) is 2.41. The van der Waals surface area contributed by atoms with Gasteiger partial charge in [-0.25, -0.2) is 0 Å². The molecule has 2 heteroatoms. The first-order valence-electron chi connectivity index (χ1n) is 6.41. The Balaban J connectivity index is 2.18. The quantitative estimate of drug-likeness (QED) is 0.847. The molecule has 0 saturated carbocycles. The monoisotopic (exact) mass is 228 g/mol. The number of rotatable bonds is 5. The SMILES string of the molecule is CCC(CC)NCc1cccc2cccnc12. The molecule has 2 rings (SSSR count). The van der Waals surface area contributed by atoms with Crippen LogP contribution in [0.4, 0.5) is 0 Å². The average Bonchev–Trinajstić information content (AvgIpc) is 2.40. The second kappa shape index (κ2) is 5.78. The van der Waals surface area contributed by atoms with E-state index in [1.807, 2.05) is 12.3 Å². The Labute approximate surface area is 103 Å². The Morgan fingerprint density at radius 3 is 2.65 bits per heavy atom. The van der Waals surface area contributed by atoms with Crippen LogP contribution in [0.1, 0.15) is 32.3 Å². The van der Waals surface area contributed by atoms with Crippen LogP contribution in [0.3, 0.4) is 0 Å². The Bertz CT molecular complexity index is 470. The third kappa shape index (κ3) is 2.83. The van der Waals surface area contributed by atoms with Gasteiger partial charge in [0.25, 0.3) is 0 Å². The first-order chi connectivity index (χ1) is 8.35. The van der Waals surface area contributed by atoms with E-state index in [0.717, 1.165) is 12.1 Å². The molecule has 0 bridgehead atoms. The van der Waals surface area contributed by atoms with E-state index in [9.17, 15) is 0 Å². The molecule has 1 heterocycles. The van der Waals surface area contributed by atoms with Crippen molar-refractivity contribution in [2.75, 3.05) is 0 Å². The molecule has 0 amide bonds. The van der Waals surface area contributed by atoms with Gasteiger partial charge in [-0.05, 0) is 24.5 Å². The lowest BCUT2D eigenvalue weighted by Gasteiger charge is -2.15. The van der Waals surface area contributed by atoms with E-state index in [1.54, 1.807) is 0 Å². The Morgan fingerprint density at radius 1 is 1.12 bits per heavy atom. The fourth-order valence-electron chi connectivity index (χ4n) is 2.14. The maximum Gasteiger partial charge on any atom is 0.0746 e. The number of nitrogens with zero attached hydrogens (tertiary/aromatic N) is 1. The highest BCUT2D eigenvalue weighted by atomic mass is 14.9. The summed E-state index contributed by atoms with van der Waals surface area (Å²) in [4.78, 5) is 4.47. The summed E-state index contributed by atoms with van der Waals surface area (Å²) in [6, 6.07) is 11.1. The predicted octanol–water partition coefficient (Wildman–Crippen LogP) is 3.51. The van der Waals surface area contributed by atoms with E-state index in [0.29, 0.717) is 6.04 Å². The lowest BCUT2D eigenvalue weighted by Crippen LogP contribution is -2.27. The van der Waals surface area contributed by atoms with E-state index in [2.05, 4.69) is 48.4 Å². The second-order valence-corrected chi connectivity index (χ2v) is 4.39. The molecule has 1 aromatic heterocycles. The molecule has 0 spiro atoms. The standard InChI is InChI=1S/C15H20N2/c1-3-14(4-2)17-11-13-8-5-7-12-9-6-10-16-15(12)13/h5-10,14,17H,3-4,11H2,1-2H3. The summed E-state index contributed by atoms with van der Waals surface area (Å²) < 4.78 is 0. The molecule has 0 radical (unpaired) electrons. The van der Waals surface area contributed by atoms with Gasteiger partial charge in [0.1, 0.15) is 0 Å². The van der Waals surface area contributed by atoms with Crippen LogP contribution < -0.4 is 5.32 Å². The number of pyridine rings is 1. The summed E-state index contributed by atoms with van der Waals surface area (Å²) in [7, 11) is 0. The van der Waals surface area contributed by atoms with Gasteiger partial charge in [-0.3, -0.25) is 4.98 Å². The van der Waals surface area contributed by atoms with E-state index < -0.39 is 0 Å². The smallest absolute Gasteiger partial charge is 0.0746 e. The highest BCUT2D eigenvalue weighted by Crippen LogP contribution is 2.16. The summed E-state index contributed by atoms with van der Waals surface area (Å²) in [5, 5.41) is 4.81. The number of benzene rings is 1. The zero-order valence-electron chi connectivity index (χ0n) is 10.6. The van der Waals surface area contributed by atoms with Gasteiger partial charge in [-0.1, -0.05) is 38.1 Å². The molecule has 1 N–H and O–H groups in total. The van der Waals surface area contributed by atoms with Gasteiger partial charge in [0.15, 0.2) is 0 Å². The molecule has 0 aliphatic carbocycles. The summed E-state index contributed by atoms with van der Waals surface area (Å²) in [6.07, 6.45) is 4.21. The van der Waals surface area contributed by atoms with Gasteiger partial charge in [-0.2, -0.15) is 0 Å². The maximum atomic E-state index is 4.47. The topological polar surface area (TPSA) is 24.9 Å². The number of para-hydroxylation sites is 1. The van der Waals surface area contributed by atoms with Crippen molar-refractivity contribution >= 4 is 10.9 Å². The molecular weight excluding hydrogens is 208 g/mol. The molecule has 0 atom stereocenters. The van der Waals surface area contributed by atoms with Crippen molar-refractivity contribution in [2.24, 2.45) is 0 Å². The van der Waals surface area contributed by atoms with Crippen molar-refractivity contribution in [1.29, 1.82) is 0 Å². The van der Waals surface area contributed by atoms with E-state index in [4.69, 9.17) is 0 Å². The third-order valence-electron chi connectivity index (χ3n) is 3.28. The van der Waals surface area contributed by atoms with E-state index in [1.165, 1.54) is 23.8 Å². The first kappa shape index (κ1) is 12.1. The minimum Gasteiger partial charge on any atom is -0.310 e. The number of fused-ring (bicyclic) bond motifs is 1. The summed E-state index contributed by atoms with van der Waals surface area (Å²) >= 11 is 0. The average molecular weight is 228 g/mol. The van der Waals surface area contributed by atoms with Crippen LogP contribution in [-0.4, -0.2) is 11.0 Å². The number of hydrogen-bond donors (Lipinski definition) is 1. The van der Waals surface area contributed by atoms with Crippen LogP contribution in [0.15, 0.2) is 36.5 Å². The zero-order chi connectivity index (χ0) is 12.1. The first-order valence-corrected chi connectivity index (χ1v) is 6.41.